The zero-order chi connectivity index (χ0) is 16.0. The third kappa shape index (κ3) is 3.55. The van der Waals surface area contributed by atoms with Crippen LogP contribution in [0.4, 0.5) is 30.8 Å². The zero-order valence-electron chi connectivity index (χ0n) is 10.8. The van der Waals surface area contributed by atoms with E-state index in [1.165, 1.54) is 0 Å². The number of nitro benzene ring substituents is 1. The number of benzene rings is 1. The van der Waals surface area contributed by atoms with Gasteiger partial charge in [-0.25, -0.2) is 0 Å². The largest absolute Gasteiger partial charge is 0.366 e. The van der Waals surface area contributed by atoms with Crippen molar-refractivity contribution in [2.24, 2.45) is 0 Å². The van der Waals surface area contributed by atoms with Gasteiger partial charge in [-0.05, 0) is 31.4 Å². The van der Waals surface area contributed by atoms with E-state index in [1.54, 1.807) is 4.90 Å². The van der Waals surface area contributed by atoms with E-state index in [-0.39, 0.29) is 17.8 Å². The van der Waals surface area contributed by atoms with Crippen LogP contribution in [-0.4, -0.2) is 18.0 Å². The number of rotatable bonds is 3. The van der Waals surface area contributed by atoms with E-state index in [4.69, 9.17) is 0 Å². The molecule has 10 heteroatoms. The van der Waals surface area contributed by atoms with Crippen LogP contribution in [0.5, 0.6) is 0 Å². The van der Waals surface area contributed by atoms with Gasteiger partial charge in [0.1, 0.15) is 10.6 Å². The normalized spacial score (nSPS) is 19.8. The molecular weight excluding hydrogens is 319 g/mol. The number of nitrogens with zero attached hydrogens (tertiary/aromatic N) is 2. The molecule has 0 radical (unpaired) electrons. The summed E-state index contributed by atoms with van der Waals surface area (Å²) >= 11 is 0. The first-order valence-electron chi connectivity index (χ1n) is 6.16. The number of nitro groups is 1. The molecular formula is C11H13F5N2O2S. The van der Waals surface area contributed by atoms with Crippen molar-refractivity contribution in [2.45, 2.75) is 24.2 Å². The van der Waals surface area contributed by atoms with Gasteiger partial charge >= 0.3 is 10.2 Å². The summed E-state index contributed by atoms with van der Waals surface area (Å²) in [6.07, 6.45) is 2.43. The minimum absolute atomic E-state index is 0.0506. The molecule has 120 valence electrons. The highest BCUT2D eigenvalue weighted by atomic mass is 32.5. The molecule has 1 aromatic rings. The van der Waals surface area contributed by atoms with Crippen LogP contribution in [-0.2, 0) is 0 Å². The summed E-state index contributed by atoms with van der Waals surface area (Å²) in [5.74, 6) is 0. The first kappa shape index (κ1) is 15.8. The van der Waals surface area contributed by atoms with Crippen LogP contribution in [0, 0.1) is 10.1 Å². The first-order valence-corrected chi connectivity index (χ1v) is 8.11. The molecule has 1 heterocycles. The second-order valence-electron chi connectivity index (χ2n) is 4.92. The molecule has 0 spiro atoms. The molecule has 2 rings (SSSR count). The van der Waals surface area contributed by atoms with Crippen molar-refractivity contribution < 1.29 is 24.4 Å². The Labute approximate surface area is 117 Å². The van der Waals surface area contributed by atoms with Crippen LogP contribution in [0.1, 0.15) is 19.3 Å². The lowest BCUT2D eigenvalue weighted by Gasteiger charge is -2.40. The molecule has 1 aromatic carbocycles. The zero-order valence-corrected chi connectivity index (χ0v) is 11.6. The van der Waals surface area contributed by atoms with E-state index in [2.05, 4.69) is 0 Å². The summed E-state index contributed by atoms with van der Waals surface area (Å²) in [4.78, 5) is 9.19. The Hall–Kier alpha value is -1.58. The summed E-state index contributed by atoms with van der Waals surface area (Å²) in [6.45, 7) is 0.910. The van der Waals surface area contributed by atoms with Gasteiger partial charge in [0.05, 0.1) is 4.92 Å². The molecule has 0 aliphatic carbocycles. The Balaban J connectivity index is 2.53. The molecule has 0 N–H and O–H groups in total. The maximum atomic E-state index is 12.7. The predicted molar refractivity (Wildman–Crippen MR) is 70.6 cm³/mol. The Morgan fingerprint density at radius 3 is 2.10 bits per heavy atom. The van der Waals surface area contributed by atoms with E-state index in [1.807, 2.05) is 0 Å². The van der Waals surface area contributed by atoms with E-state index >= 15 is 0 Å². The van der Waals surface area contributed by atoms with E-state index < -0.39 is 25.7 Å². The lowest BCUT2D eigenvalue weighted by Crippen LogP contribution is -2.30. The molecule has 0 unspecified atom stereocenters. The topological polar surface area (TPSA) is 46.4 Å². The molecule has 1 aliphatic heterocycles. The molecule has 4 nitrogen and oxygen atoms in total. The summed E-state index contributed by atoms with van der Waals surface area (Å²) < 4.78 is 63.6. The Kier molecular flexibility index (Phi) is 3.17. The average molecular weight is 332 g/mol. The van der Waals surface area contributed by atoms with E-state index in [0.29, 0.717) is 13.1 Å². The molecule has 0 bridgehead atoms. The third-order valence-electron chi connectivity index (χ3n) is 3.29. The quantitative estimate of drug-likeness (QED) is 0.432. The molecule has 1 saturated heterocycles. The van der Waals surface area contributed by atoms with Gasteiger partial charge in [0, 0.05) is 19.2 Å². The van der Waals surface area contributed by atoms with Crippen LogP contribution in [0.25, 0.3) is 0 Å². The number of hydrogen-bond acceptors (Lipinski definition) is 3. The average Bonchev–Trinajstić information content (AvgIpc) is 2.36. The molecule has 0 amide bonds. The highest BCUT2D eigenvalue weighted by Gasteiger charge is 2.66. The Morgan fingerprint density at radius 2 is 1.62 bits per heavy atom. The summed E-state index contributed by atoms with van der Waals surface area (Å²) in [5, 5.41) is 10.9. The molecule has 21 heavy (non-hydrogen) atoms. The predicted octanol–water partition coefficient (Wildman–Crippen LogP) is 5.24. The first-order chi connectivity index (χ1) is 9.38. The maximum absolute atomic E-state index is 12.7. The fraction of sp³-hybridized carbons (Fsp3) is 0.455. The lowest BCUT2D eigenvalue weighted by atomic mass is 10.1. The minimum Gasteiger partial charge on any atom is -0.366 e. The fourth-order valence-electron chi connectivity index (χ4n) is 2.29. The van der Waals surface area contributed by atoms with Crippen molar-refractivity contribution in [3.05, 3.63) is 28.3 Å². The van der Waals surface area contributed by atoms with Gasteiger partial charge in [-0.3, -0.25) is 10.1 Å². The summed E-state index contributed by atoms with van der Waals surface area (Å²) in [7, 11) is -9.92. The van der Waals surface area contributed by atoms with E-state index in [0.717, 1.165) is 25.3 Å². The second-order valence-corrected chi connectivity index (χ2v) is 7.33. The van der Waals surface area contributed by atoms with Crippen molar-refractivity contribution in [1.29, 1.82) is 0 Å². The molecule has 0 atom stereocenters. The number of anilines is 1. The lowest BCUT2D eigenvalue weighted by molar-refractivity contribution is -0.384. The van der Waals surface area contributed by atoms with Gasteiger partial charge in [-0.2, -0.15) is 0 Å². The summed E-state index contributed by atoms with van der Waals surface area (Å²) in [6, 6.07) is 0.917. The van der Waals surface area contributed by atoms with Crippen molar-refractivity contribution in [1.82, 2.24) is 0 Å². The smallest absolute Gasteiger partial charge is 0.310 e. The van der Waals surface area contributed by atoms with Crippen molar-refractivity contribution in [3.8, 4) is 0 Å². The van der Waals surface area contributed by atoms with Gasteiger partial charge in [-0.15, -0.1) is 0 Å². The number of halogens is 5. The van der Waals surface area contributed by atoms with Crippen molar-refractivity contribution >= 4 is 21.6 Å². The maximum Gasteiger partial charge on any atom is 0.310 e. The van der Waals surface area contributed by atoms with Gasteiger partial charge in [0.25, 0.3) is 5.69 Å². The molecule has 0 saturated carbocycles. The Morgan fingerprint density at radius 1 is 1.05 bits per heavy atom. The van der Waals surface area contributed by atoms with Crippen LogP contribution < -0.4 is 4.90 Å². The fourth-order valence-corrected chi connectivity index (χ4v) is 2.95. The Bertz CT molecular complexity index is 584. The van der Waals surface area contributed by atoms with Crippen LogP contribution in [0.15, 0.2) is 23.1 Å². The molecule has 0 aromatic heterocycles. The highest BCUT2D eigenvalue weighted by molar-refractivity contribution is 8.45. The van der Waals surface area contributed by atoms with Gasteiger partial charge < -0.3 is 4.90 Å². The van der Waals surface area contributed by atoms with Crippen molar-refractivity contribution in [2.75, 3.05) is 18.0 Å². The summed E-state index contributed by atoms with van der Waals surface area (Å²) in [5.41, 5.74) is -0.993. The van der Waals surface area contributed by atoms with Gasteiger partial charge in [0.15, 0.2) is 0 Å². The van der Waals surface area contributed by atoms with E-state index in [9.17, 15) is 29.5 Å². The van der Waals surface area contributed by atoms with Crippen molar-refractivity contribution in [3.63, 3.8) is 0 Å². The van der Waals surface area contributed by atoms with Gasteiger partial charge in [-0.1, -0.05) is 19.4 Å². The minimum atomic E-state index is -9.92. The van der Waals surface area contributed by atoms with Crippen LogP contribution >= 0.6 is 10.2 Å². The van der Waals surface area contributed by atoms with Gasteiger partial charge in [0.2, 0.25) is 0 Å². The molecule has 1 fully saturated rings. The third-order valence-corrected chi connectivity index (χ3v) is 4.43. The SMILES string of the molecule is O=[N+]([O-])c1cc(S(F)(F)(F)(F)F)ccc1N1CCCCC1. The van der Waals surface area contributed by atoms with Crippen LogP contribution in [0.3, 0.4) is 0 Å². The number of hydrogen-bond donors (Lipinski definition) is 0. The monoisotopic (exact) mass is 332 g/mol. The highest BCUT2D eigenvalue weighted by Crippen LogP contribution is 3.02. The standard InChI is InChI=1S/C11H13F5N2O2S/c12-21(13,14,15,16)9-4-5-10(11(8-9)18(19)20)17-6-2-1-3-7-17/h4-5,8H,1-3,6-7H2. The number of piperidine rings is 1. The molecule has 1 aliphatic rings. The second kappa shape index (κ2) is 4.21. The van der Waals surface area contributed by atoms with Crippen LogP contribution in [0.2, 0.25) is 0 Å².